The summed E-state index contributed by atoms with van der Waals surface area (Å²) in [5.41, 5.74) is -0.0347. The largest absolute Gasteiger partial charge is 0.479 e. The van der Waals surface area contributed by atoms with Crippen molar-refractivity contribution in [2.75, 3.05) is 12.3 Å². The Morgan fingerprint density at radius 3 is 2.47 bits per heavy atom. The molecule has 0 aliphatic carbocycles. The molecule has 0 bridgehead atoms. The Balaban J connectivity index is 2.34. The number of carboxylic acid groups (broad SMARTS) is 1. The first-order valence-electron chi connectivity index (χ1n) is 6.45. The molecule has 0 aromatic rings. The van der Waals surface area contributed by atoms with Crippen LogP contribution < -0.4 is 4.72 Å². The molecular formula is C12H23NO5S. The lowest BCUT2D eigenvalue weighted by Gasteiger charge is -2.18. The highest BCUT2D eigenvalue weighted by atomic mass is 32.2. The van der Waals surface area contributed by atoms with Crippen LogP contribution in [0.1, 0.15) is 40.0 Å². The third-order valence-corrected chi connectivity index (χ3v) is 4.38. The summed E-state index contributed by atoms with van der Waals surface area (Å²) in [6.45, 7) is 6.11. The lowest BCUT2D eigenvalue weighted by atomic mass is 9.94. The van der Waals surface area contributed by atoms with Gasteiger partial charge in [0.1, 0.15) is 0 Å². The molecular weight excluding hydrogens is 270 g/mol. The lowest BCUT2D eigenvalue weighted by Crippen LogP contribution is -2.35. The predicted octanol–water partition coefficient (Wildman–Crippen LogP) is 0.974. The number of sulfonamides is 1. The molecule has 2 atom stereocenters. The van der Waals surface area contributed by atoms with E-state index < -0.39 is 22.1 Å². The summed E-state index contributed by atoms with van der Waals surface area (Å²) >= 11 is 0. The minimum absolute atomic E-state index is 0.0347. The summed E-state index contributed by atoms with van der Waals surface area (Å²) in [7, 11) is -3.32. The van der Waals surface area contributed by atoms with Crippen molar-refractivity contribution in [3.05, 3.63) is 0 Å². The zero-order valence-corrected chi connectivity index (χ0v) is 12.5. The van der Waals surface area contributed by atoms with Gasteiger partial charge in [-0.25, -0.2) is 17.9 Å². The molecule has 0 radical (unpaired) electrons. The summed E-state index contributed by atoms with van der Waals surface area (Å²) in [6, 6.07) is 0. The minimum atomic E-state index is -3.32. The van der Waals surface area contributed by atoms with E-state index in [-0.39, 0.29) is 23.8 Å². The van der Waals surface area contributed by atoms with Gasteiger partial charge in [0.15, 0.2) is 6.10 Å². The van der Waals surface area contributed by atoms with Crippen molar-refractivity contribution in [1.82, 2.24) is 4.72 Å². The topological polar surface area (TPSA) is 92.7 Å². The molecule has 2 unspecified atom stereocenters. The minimum Gasteiger partial charge on any atom is -0.479 e. The van der Waals surface area contributed by atoms with Gasteiger partial charge in [-0.3, -0.25) is 0 Å². The van der Waals surface area contributed by atoms with Crippen LogP contribution in [0, 0.1) is 5.41 Å². The van der Waals surface area contributed by atoms with Crippen molar-refractivity contribution in [3.63, 3.8) is 0 Å². The summed E-state index contributed by atoms with van der Waals surface area (Å²) in [5.74, 6) is -0.913. The fourth-order valence-electron chi connectivity index (χ4n) is 1.77. The number of ether oxygens (including phenoxy) is 1. The quantitative estimate of drug-likeness (QED) is 0.761. The first kappa shape index (κ1) is 16.4. The normalized spacial score (nSPS) is 24.6. The van der Waals surface area contributed by atoms with E-state index >= 15 is 0 Å². The molecule has 1 rings (SSSR count). The summed E-state index contributed by atoms with van der Waals surface area (Å²) in [4.78, 5) is 10.7. The number of hydrogen-bond acceptors (Lipinski definition) is 4. The van der Waals surface area contributed by atoms with E-state index in [9.17, 15) is 13.2 Å². The molecule has 1 saturated heterocycles. The fourth-order valence-corrected chi connectivity index (χ4v) is 3.24. The Bertz CT molecular complexity index is 412. The van der Waals surface area contributed by atoms with Gasteiger partial charge >= 0.3 is 5.97 Å². The second-order valence-corrected chi connectivity index (χ2v) is 8.07. The van der Waals surface area contributed by atoms with Crippen LogP contribution in [0.15, 0.2) is 0 Å². The van der Waals surface area contributed by atoms with Crippen molar-refractivity contribution in [2.24, 2.45) is 5.41 Å². The van der Waals surface area contributed by atoms with Gasteiger partial charge in [-0.05, 0) is 24.7 Å². The zero-order valence-electron chi connectivity index (χ0n) is 11.7. The second kappa shape index (κ2) is 6.19. The Hall–Kier alpha value is -0.660. The van der Waals surface area contributed by atoms with Crippen LogP contribution in [-0.2, 0) is 19.6 Å². The maximum absolute atomic E-state index is 11.8. The van der Waals surface area contributed by atoms with Gasteiger partial charge in [-0.15, -0.1) is 0 Å². The van der Waals surface area contributed by atoms with Crippen molar-refractivity contribution in [1.29, 1.82) is 0 Å². The molecule has 0 aromatic carbocycles. The highest BCUT2D eigenvalue weighted by Crippen LogP contribution is 2.20. The predicted molar refractivity (Wildman–Crippen MR) is 71.4 cm³/mol. The van der Waals surface area contributed by atoms with E-state index in [4.69, 9.17) is 9.84 Å². The van der Waals surface area contributed by atoms with Crippen LogP contribution in [0.5, 0.6) is 0 Å². The lowest BCUT2D eigenvalue weighted by molar-refractivity contribution is -0.149. The molecule has 6 nitrogen and oxygen atoms in total. The molecule has 0 aromatic heterocycles. The van der Waals surface area contributed by atoms with Crippen molar-refractivity contribution in [3.8, 4) is 0 Å². The molecule has 19 heavy (non-hydrogen) atoms. The highest BCUT2D eigenvalue weighted by Gasteiger charge is 2.31. The second-order valence-electron chi connectivity index (χ2n) is 6.14. The SMILES string of the molecule is CC(C)(C)CCS(=O)(=O)NCC1CCC(C(=O)O)O1. The molecule has 1 fully saturated rings. The van der Waals surface area contributed by atoms with Crippen LogP contribution in [0.4, 0.5) is 0 Å². The molecule has 2 N–H and O–H groups in total. The average molecular weight is 293 g/mol. The number of carbonyl (C=O) groups is 1. The third kappa shape index (κ3) is 6.35. The monoisotopic (exact) mass is 293 g/mol. The number of carboxylic acids is 1. The standard InChI is InChI=1S/C12H23NO5S/c1-12(2,3)6-7-19(16,17)13-8-9-4-5-10(18-9)11(14)15/h9-10,13H,4-8H2,1-3H3,(H,14,15). The molecule has 0 amide bonds. The first-order chi connectivity index (χ1) is 8.59. The van der Waals surface area contributed by atoms with Gasteiger partial charge < -0.3 is 9.84 Å². The molecule has 1 aliphatic heterocycles. The van der Waals surface area contributed by atoms with Crippen LogP contribution in [0.3, 0.4) is 0 Å². The van der Waals surface area contributed by atoms with Crippen molar-refractivity contribution < 1.29 is 23.1 Å². The van der Waals surface area contributed by atoms with Crippen LogP contribution in [-0.4, -0.2) is 44.0 Å². The smallest absolute Gasteiger partial charge is 0.332 e. The number of rotatable bonds is 6. The van der Waals surface area contributed by atoms with E-state index in [1.54, 1.807) is 0 Å². The molecule has 0 spiro atoms. The molecule has 7 heteroatoms. The van der Waals surface area contributed by atoms with Gasteiger partial charge in [-0.1, -0.05) is 20.8 Å². The van der Waals surface area contributed by atoms with E-state index in [2.05, 4.69) is 4.72 Å². The summed E-state index contributed by atoms with van der Waals surface area (Å²) < 4.78 is 31.3. The van der Waals surface area contributed by atoms with E-state index in [0.717, 1.165) is 0 Å². The zero-order chi connectivity index (χ0) is 14.7. The van der Waals surface area contributed by atoms with Gasteiger partial charge in [-0.2, -0.15) is 0 Å². The number of nitrogens with one attached hydrogen (secondary N) is 1. The van der Waals surface area contributed by atoms with Crippen molar-refractivity contribution in [2.45, 2.75) is 52.2 Å². The maximum Gasteiger partial charge on any atom is 0.332 e. The van der Waals surface area contributed by atoms with E-state index in [0.29, 0.717) is 19.3 Å². The summed E-state index contributed by atoms with van der Waals surface area (Å²) in [5, 5.41) is 8.77. The summed E-state index contributed by atoms with van der Waals surface area (Å²) in [6.07, 6.45) is 0.434. The molecule has 1 heterocycles. The average Bonchev–Trinajstić information content (AvgIpc) is 2.72. The molecule has 1 aliphatic rings. The number of aliphatic carboxylic acids is 1. The van der Waals surface area contributed by atoms with Crippen molar-refractivity contribution >= 4 is 16.0 Å². The molecule has 0 saturated carbocycles. The fraction of sp³-hybridized carbons (Fsp3) is 0.917. The van der Waals surface area contributed by atoms with Crippen LogP contribution >= 0.6 is 0 Å². The van der Waals surface area contributed by atoms with Crippen LogP contribution in [0.25, 0.3) is 0 Å². The maximum atomic E-state index is 11.8. The van der Waals surface area contributed by atoms with Gasteiger partial charge in [0.25, 0.3) is 0 Å². The van der Waals surface area contributed by atoms with E-state index in [1.165, 1.54) is 0 Å². The molecule has 112 valence electrons. The van der Waals surface area contributed by atoms with Gasteiger partial charge in [0.2, 0.25) is 10.0 Å². The Kier molecular flexibility index (Phi) is 5.34. The van der Waals surface area contributed by atoms with E-state index in [1.807, 2.05) is 20.8 Å². The van der Waals surface area contributed by atoms with Gasteiger partial charge in [0, 0.05) is 6.54 Å². The van der Waals surface area contributed by atoms with Gasteiger partial charge in [0.05, 0.1) is 11.9 Å². The highest BCUT2D eigenvalue weighted by molar-refractivity contribution is 7.89. The Morgan fingerprint density at radius 2 is 2.00 bits per heavy atom. The van der Waals surface area contributed by atoms with Crippen LogP contribution in [0.2, 0.25) is 0 Å². The first-order valence-corrected chi connectivity index (χ1v) is 8.10. The Morgan fingerprint density at radius 1 is 1.37 bits per heavy atom. The number of hydrogen-bond donors (Lipinski definition) is 2. The Labute approximate surface area is 114 Å². The third-order valence-electron chi connectivity index (χ3n) is 3.03.